The van der Waals surface area contributed by atoms with E-state index >= 15 is 0 Å². The summed E-state index contributed by atoms with van der Waals surface area (Å²) < 4.78 is 0. The molecular formula is C13H22N4. The van der Waals surface area contributed by atoms with Crippen LogP contribution in [0, 0.1) is 0 Å². The summed E-state index contributed by atoms with van der Waals surface area (Å²) in [5.74, 6) is 1.02. The van der Waals surface area contributed by atoms with Crippen LogP contribution in [0.2, 0.25) is 0 Å². The molecule has 0 radical (unpaired) electrons. The van der Waals surface area contributed by atoms with Crippen LogP contribution in [0.25, 0.3) is 0 Å². The van der Waals surface area contributed by atoms with Crippen molar-refractivity contribution in [2.24, 2.45) is 5.73 Å². The maximum Gasteiger partial charge on any atom is 0.128 e. The lowest BCUT2D eigenvalue weighted by Gasteiger charge is -2.22. The fraction of sp³-hybridized carbons (Fsp3) is 0.615. The lowest BCUT2D eigenvalue weighted by molar-refractivity contribution is 0.346. The van der Waals surface area contributed by atoms with Gasteiger partial charge in [-0.25, -0.2) is 4.98 Å². The summed E-state index contributed by atoms with van der Waals surface area (Å²) in [5.41, 5.74) is 6.56. The van der Waals surface area contributed by atoms with Crippen LogP contribution in [0.1, 0.15) is 18.5 Å². The van der Waals surface area contributed by atoms with E-state index < -0.39 is 0 Å². The molecule has 1 aliphatic rings. The van der Waals surface area contributed by atoms with E-state index in [2.05, 4.69) is 21.8 Å². The van der Waals surface area contributed by atoms with Crippen LogP contribution in [0.4, 0.5) is 5.82 Å². The number of hydrogen-bond donors (Lipinski definition) is 1. The van der Waals surface area contributed by atoms with Crippen LogP contribution in [0.15, 0.2) is 18.2 Å². The summed E-state index contributed by atoms with van der Waals surface area (Å²) in [5, 5.41) is 0. The van der Waals surface area contributed by atoms with E-state index in [1.807, 2.05) is 18.2 Å². The van der Waals surface area contributed by atoms with Crippen LogP contribution in [-0.2, 0) is 6.54 Å². The standard InChI is InChI=1S/C13H22N4/c1-16(9-10-17-7-2-3-8-17)13-6-4-5-12(11-14)15-13/h4-6H,2-3,7-11,14H2,1H3. The average molecular weight is 234 g/mol. The maximum atomic E-state index is 5.60. The minimum atomic E-state index is 0.508. The Morgan fingerprint density at radius 2 is 2.12 bits per heavy atom. The van der Waals surface area contributed by atoms with E-state index in [9.17, 15) is 0 Å². The normalized spacial score (nSPS) is 16.4. The van der Waals surface area contributed by atoms with Crippen molar-refractivity contribution in [3.8, 4) is 0 Å². The van der Waals surface area contributed by atoms with Gasteiger partial charge in [0.2, 0.25) is 0 Å². The third kappa shape index (κ3) is 3.41. The topological polar surface area (TPSA) is 45.4 Å². The highest BCUT2D eigenvalue weighted by Crippen LogP contribution is 2.11. The Morgan fingerprint density at radius 1 is 1.35 bits per heavy atom. The third-order valence-electron chi connectivity index (χ3n) is 3.34. The van der Waals surface area contributed by atoms with E-state index in [1.54, 1.807) is 0 Å². The maximum absolute atomic E-state index is 5.60. The predicted octanol–water partition coefficient (Wildman–Crippen LogP) is 1.07. The Labute approximate surface area is 103 Å². The molecule has 0 unspecified atom stereocenters. The third-order valence-corrected chi connectivity index (χ3v) is 3.34. The van der Waals surface area contributed by atoms with Gasteiger partial charge in [-0.05, 0) is 38.1 Å². The number of likely N-dealkylation sites (tertiary alicyclic amines) is 1. The molecule has 4 nitrogen and oxygen atoms in total. The van der Waals surface area contributed by atoms with Crippen LogP contribution < -0.4 is 10.6 Å². The number of pyridine rings is 1. The molecule has 94 valence electrons. The van der Waals surface area contributed by atoms with Gasteiger partial charge < -0.3 is 15.5 Å². The zero-order valence-corrected chi connectivity index (χ0v) is 10.6. The molecule has 0 saturated carbocycles. The average Bonchev–Trinajstić information content (AvgIpc) is 2.89. The van der Waals surface area contributed by atoms with Gasteiger partial charge in [0.1, 0.15) is 5.82 Å². The van der Waals surface area contributed by atoms with Crippen molar-refractivity contribution < 1.29 is 0 Å². The number of nitrogens with two attached hydrogens (primary N) is 1. The fourth-order valence-corrected chi connectivity index (χ4v) is 2.21. The first-order valence-corrected chi connectivity index (χ1v) is 6.39. The molecule has 0 bridgehead atoms. The molecule has 2 rings (SSSR count). The van der Waals surface area contributed by atoms with Crippen LogP contribution in [0.3, 0.4) is 0 Å². The largest absolute Gasteiger partial charge is 0.358 e. The molecule has 0 spiro atoms. The molecule has 0 atom stereocenters. The van der Waals surface area contributed by atoms with Gasteiger partial charge in [-0.1, -0.05) is 6.07 Å². The van der Waals surface area contributed by atoms with Gasteiger partial charge in [-0.15, -0.1) is 0 Å². The minimum Gasteiger partial charge on any atom is -0.358 e. The Morgan fingerprint density at radius 3 is 2.82 bits per heavy atom. The van der Waals surface area contributed by atoms with Gasteiger partial charge in [-0.3, -0.25) is 0 Å². The molecular weight excluding hydrogens is 212 g/mol. The van der Waals surface area contributed by atoms with Gasteiger partial charge >= 0.3 is 0 Å². The van der Waals surface area contributed by atoms with Crippen molar-refractivity contribution in [1.29, 1.82) is 0 Å². The van der Waals surface area contributed by atoms with E-state index in [-0.39, 0.29) is 0 Å². The molecule has 0 aromatic carbocycles. The number of nitrogens with zero attached hydrogens (tertiary/aromatic N) is 3. The van der Waals surface area contributed by atoms with Crippen molar-refractivity contribution >= 4 is 5.82 Å². The first-order chi connectivity index (χ1) is 8.29. The van der Waals surface area contributed by atoms with Gasteiger partial charge in [0, 0.05) is 26.7 Å². The van der Waals surface area contributed by atoms with E-state index in [0.717, 1.165) is 24.6 Å². The first kappa shape index (κ1) is 12.3. The number of likely N-dealkylation sites (N-methyl/N-ethyl adjacent to an activating group) is 1. The molecule has 2 heterocycles. The molecule has 17 heavy (non-hydrogen) atoms. The second-order valence-electron chi connectivity index (χ2n) is 4.66. The van der Waals surface area contributed by atoms with Gasteiger partial charge in [-0.2, -0.15) is 0 Å². The van der Waals surface area contributed by atoms with Crippen molar-refractivity contribution in [3.63, 3.8) is 0 Å². The molecule has 0 aliphatic carbocycles. The molecule has 4 heteroatoms. The summed E-state index contributed by atoms with van der Waals surface area (Å²) in [4.78, 5) is 9.24. The van der Waals surface area contributed by atoms with E-state index in [4.69, 9.17) is 5.73 Å². The number of aromatic nitrogens is 1. The van der Waals surface area contributed by atoms with Gasteiger partial charge in [0.15, 0.2) is 0 Å². The van der Waals surface area contributed by atoms with Gasteiger partial charge in [0.25, 0.3) is 0 Å². The summed E-state index contributed by atoms with van der Waals surface area (Å²) in [7, 11) is 2.10. The summed E-state index contributed by atoms with van der Waals surface area (Å²) in [6, 6.07) is 6.04. The molecule has 1 saturated heterocycles. The number of anilines is 1. The highest BCUT2D eigenvalue weighted by atomic mass is 15.2. The monoisotopic (exact) mass is 234 g/mol. The lowest BCUT2D eigenvalue weighted by atomic mass is 10.3. The Balaban J connectivity index is 1.87. The SMILES string of the molecule is CN(CCN1CCCC1)c1cccc(CN)n1. The van der Waals surface area contributed by atoms with Crippen LogP contribution in [0.5, 0.6) is 0 Å². The van der Waals surface area contributed by atoms with Crippen LogP contribution in [-0.4, -0.2) is 43.1 Å². The zero-order chi connectivity index (χ0) is 12.1. The Bertz CT molecular complexity index is 347. The second-order valence-corrected chi connectivity index (χ2v) is 4.66. The Kier molecular flexibility index (Phi) is 4.34. The minimum absolute atomic E-state index is 0.508. The number of hydrogen-bond acceptors (Lipinski definition) is 4. The molecule has 1 fully saturated rings. The quantitative estimate of drug-likeness (QED) is 0.828. The highest BCUT2D eigenvalue weighted by molar-refractivity contribution is 5.38. The second kappa shape index (κ2) is 5.98. The lowest BCUT2D eigenvalue weighted by Crippen LogP contribution is -2.31. The van der Waals surface area contributed by atoms with Crippen molar-refractivity contribution in [2.45, 2.75) is 19.4 Å². The van der Waals surface area contributed by atoms with Crippen molar-refractivity contribution in [2.75, 3.05) is 38.1 Å². The first-order valence-electron chi connectivity index (χ1n) is 6.39. The summed E-state index contributed by atoms with van der Waals surface area (Å²) in [6.45, 7) is 5.17. The molecule has 1 aliphatic heterocycles. The molecule has 2 N–H and O–H groups in total. The van der Waals surface area contributed by atoms with Crippen molar-refractivity contribution in [1.82, 2.24) is 9.88 Å². The van der Waals surface area contributed by atoms with E-state index in [0.29, 0.717) is 6.54 Å². The van der Waals surface area contributed by atoms with Crippen molar-refractivity contribution in [3.05, 3.63) is 23.9 Å². The summed E-state index contributed by atoms with van der Waals surface area (Å²) in [6.07, 6.45) is 2.70. The molecule has 0 amide bonds. The predicted molar refractivity (Wildman–Crippen MR) is 71.1 cm³/mol. The fourth-order valence-electron chi connectivity index (χ4n) is 2.21. The highest BCUT2D eigenvalue weighted by Gasteiger charge is 2.12. The van der Waals surface area contributed by atoms with Gasteiger partial charge in [0.05, 0.1) is 5.69 Å². The molecule has 1 aromatic rings. The van der Waals surface area contributed by atoms with Crippen LogP contribution >= 0.6 is 0 Å². The summed E-state index contributed by atoms with van der Waals surface area (Å²) >= 11 is 0. The number of rotatable bonds is 5. The Hall–Kier alpha value is -1.13. The van der Waals surface area contributed by atoms with E-state index in [1.165, 1.54) is 25.9 Å². The smallest absolute Gasteiger partial charge is 0.128 e. The zero-order valence-electron chi connectivity index (χ0n) is 10.6. The molecule has 1 aromatic heterocycles.